The van der Waals surface area contributed by atoms with Crippen molar-refractivity contribution in [1.82, 2.24) is 0 Å². The number of ether oxygens (including phenoxy) is 2. The van der Waals surface area contributed by atoms with Gasteiger partial charge in [-0.15, -0.1) is 0 Å². The van der Waals surface area contributed by atoms with Crippen molar-refractivity contribution >= 4 is 5.97 Å². The third-order valence-electron chi connectivity index (χ3n) is 3.37. The molecule has 0 spiro atoms. The van der Waals surface area contributed by atoms with Gasteiger partial charge in [-0.05, 0) is 41.8 Å². The van der Waals surface area contributed by atoms with Crippen LogP contribution in [0, 0.1) is 0 Å². The lowest BCUT2D eigenvalue weighted by atomic mass is 9.92. The van der Waals surface area contributed by atoms with E-state index >= 15 is 0 Å². The van der Waals surface area contributed by atoms with Gasteiger partial charge in [0.1, 0.15) is 11.5 Å². The van der Waals surface area contributed by atoms with Crippen LogP contribution in [-0.4, -0.2) is 25.3 Å². The van der Waals surface area contributed by atoms with Gasteiger partial charge in [0.15, 0.2) is 0 Å². The van der Waals surface area contributed by atoms with E-state index in [9.17, 15) is 9.90 Å². The molecule has 0 aliphatic rings. The number of aliphatic carboxylic acids is 1. The number of hydrogen-bond acceptors (Lipinski definition) is 3. The normalized spacial score (nSPS) is 11.7. The van der Waals surface area contributed by atoms with E-state index in [0.717, 1.165) is 16.9 Å². The lowest BCUT2D eigenvalue weighted by molar-refractivity contribution is -0.138. The van der Waals surface area contributed by atoms with Crippen LogP contribution in [0.3, 0.4) is 0 Å². The monoisotopic (exact) mass is 286 g/mol. The molecule has 0 radical (unpaired) electrons. The first-order chi connectivity index (χ1) is 10.1. The molecule has 0 aromatic heterocycles. The second-order valence-corrected chi connectivity index (χ2v) is 4.72. The minimum absolute atomic E-state index is 0.402. The first-order valence-electron chi connectivity index (χ1n) is 6.63. The van der Waals surface area contributed by atoms with E-state index in [1.807, 2.05) is 30.3 Å². The summed E-state index contributed by atoms with van der Waals surface area (Å²) in [6.45, 7) is 0. The zero-order chi connectivity index (χ0) is 15.2. The van der Waals surface area contributed by atoms with Crippen molar-refractivity contribution in [2.24, 2.45) is 0 Å². The lowest BCUT2D eigenvalue weighted by Gasteiger charge is -2.14. The van der Waals surface area contributed by atoms with E-state index in [1.54, 1.807) is 32.4 Å². The van der Waals surface area contributed by atoms with Crippen LogP contribution in [-0.2, 0) is 11.2 Å². The summed E-state index contributed by atoms with van der Waals surface area (Å²) in [5.74, 6) is -0.0926. The van der Waals surface area contributed by atoms with Gasteiger partial charge in [0.05, 0.1) is 20.1 Å². The molecule has 1 atom stereocenters. The highest BCUT2D eigenvalue weighted by molar-refractivity contribution is 5.76. The van der Waals surface area contributed by atoms with Crippen LogP contribution < -0.4 is 9.47 Å². The minimum Gasteiger partial charge on any atom is -0.497 e. The van der Waals surface area contributed by atoms with Gasteiger partial charge in [-0.2, -0.15) is 0 Å². The molecule has 4 nitrogen and oxygen atoms in total. The molecule has 1 N–H and O–H groups in total. The molecule has 110 valence electrons. The lowest BCUT2D eigenvalue weighted by Crippen LogP contribution is -2.14. The van der Waals surface area contributed by atoms with Gasteiger partial charge in [-0.25, -0.2) is 0 Å². The van der Waals surface area contributed by atoms with Crippen LogP contribution in [0.25, 0.3) is 0 Å². The van der Waals surface area contributed by atoms with Gasteiger partial charge in [-0.1, -0.05) is 24.3 Å². The number of methoxy groups -OCH3 is 2. The number of carbonyl (C=O) groups is 1. The van der Waals surface area contributed by atoms with Gasteiger partial charge in [0, 0.05) is 0 Å². The molecule has 0 saturated carbocycles. The maximum atomic E-state index is 11.6. The Morgan fingerprint density at radius 1 is 1.05 bits per heavy atom. The first kappa shape index (κ1) is 14.9. The summed E-state index contributed by atoms with van der Waals surface area (Å²) in [6.07, 6.45) is 0.402. The van der Waals surface area contributed by atoms with Gasteiger partial charge >= 0.3 is 5.97 Å². The Bertz CT molecular complexity index is 622. The molecule has 0 aliphatic heterocycles. The Balaban J connectivity index is 2.28. The average molecular weight is 286 g/mol. The average Bonchev–Trinajstić information content (AvgIpc) is 2.52. The van der Waals surface area contributed by atoms with E-state index < -0.39 is 11.9 Å². The van der Waals surface area contributed by atoms with Crippen molar-refractivity contribution in [2.75, 3.05) is 14.2 Å². The number of benzene rings is 2. The largest absolute Gasteiger partial charge is 0.497 e. The summed E-state index contributed by atoms with van der Waals surface area (Å²) >= 11 is 0. The Morgan fingerprint density at radius 2 is 1.67 bits per heavy atom. The van der Waals surface area contributed by atoms with Crippen LogP contribution in [0.4, 0.5) is 0 Å². The van der Waals surface area contributed by atoms with Crippen molar-refractivity contribution in [3.63, 3.8) is 0 Å². The fraction of sp³-hybridized carbons (Fsp3) is 0.235. The molecular weight excluding hydrogens is 268 g/mol. The van der Waals surface area contributed by atoms with Crippen LogP contribution >= 0.6 is 0 Å². The maximum Gasteiger partial charge on any atom is 0.311 e. The molecule has 0 aliphatic carbocycles. The zero-order valence-corrected chi connectivity index (χ0v) is 12.1. The number of hydrogen-bond donors (Lipinski definition) is 1. The Labute approximate surface area is 123 Å². The first-order valence-corrected chi connectivity index (χ1v) is 6.63. The van der Waals surface area contributed by atoms with Crippen molar-refractivity contribution in [3.8, 4) is 11.5 Å². The van der Waals surface area contributed by atoms with Gasteiger partial charge < -0.3 is 14.6 Å². The number of carboxylic acids is 1. The van der Waals surface area contributed by atoms with E-state index in [0.29, 0.717) is 12.2 Å². The highest BCUT2D eigenvalue weighted by Crippen LogP contribution is 2.26. The van der Waals surface area contributed by atoms with Crippen molar-refractivity contribution in [2.45, 2.75) is 12.3 Å². The van der Waals surface area contributed by atoms with E-state index in [1.165, 1.54) is 0 Å². The summed E-state index contributed by atoms with van der Waals surface area (Å²) < 4.78 is 10.3. The SMILES string of the molecule is COc1cccc(C[C@H](C(=O)O)c2cccc(OC)c2)c1. The molecule has 2 rings (SSSR count). The van der Waals surface area contributed by atoms with E-state index in [2.05, 4.69) is 0 Å². The zero-order valence-electron chi connectivity index (χ0n) is 12.1. The second-order valence-electron chi connectivity index (χ2n) is 4.72. The quantitative estimate of drug-likeness (QED) is 0.886. The Kier molecular flexibility index (Phi) is 4.82. The third kappa shape index (κ3) is 3.75. The second kappa shape index (κ2) is 6.79. The van der Waals surface area contributed by atoms with Crippen molar-refractivity contribution in [1.29, 1.82) is 0 Å². The van der Waals surface area contributed by atoms with Crippen LogP contribution in [0.5, 0.6) is 11.5 Å². The Morgan fingerprint density at radius 3 is 2.29 bits per heavy atom. The molecule has 4 heteroatoms. The summed E-state index contributed by atoms with van der Waals surface area (Å²) in [7, 11) is 3.16. The van der Waals surface area contributed by atoms with Crippen LogP contribution in [0.1, 0.15) is 17.0 Å². The smallest absolute Gasteiger partial charge is 0.311 e. The predicted molar refractivity (Wildman–Crippen MR) is 80.1 cm³/mol. The molecule has 2 aromatic carbocycles. The molecule has 0 bridgehead atoms. The van der Waals surface area contributed by atoms with Gasteiger partial charge in [0.25, 0.3) is 0 Å². The molecule has 0 fully saturated rings. The number of rotatable bonds is 6. The maximum absolute atomic E-state index is 11.6. The van der Waals surface area contributed by atoms with Gasteiger partial charge in [0.2, 0.25) is 0 Å². The predicted octanol–water partition coefficient (Wildman–Crippen LogP) is 3.11. The minimum atomic E-state index is -0.855. The fourth-order valence-electron chi connectivity index (χ4n) is 2.24. The van der Waals surface area contributed by atoms with Crippen LogP contribution in [0.15, 0.2) is 48.5 Å². The molecular formula is C17H18O4. The third-order valence-corrected chi connectivity index (χ3v) is 3.37. The topological polar surface area (TPSA) is 55.8 Å². The highest BCUT2D eigenvalue weighted by Gasteiger charge is 2.21. The van der Waals surface area contributed by atoms with E-state index in [-0.39, 0.29) is 0 Å². The van der Waals surface area contributed by atoms with Crippen molar-refractivity contribution in [3.05, 3.63) is 59.7 Å². The summed E-state index contributed by atoms with van der Waals surface area (Å²) in [5.41, 5.74) is 1.65. The molecule has 0 saturated heterocycles. The van der Waals surface area contributed by atoms with Crippen molar-refractivity contribution < 1.29 is 19.4 Å². The van der Waals surface area contributed by atoms with Crippen LogP contribution in [0.2, 0.25) is 0 Å². The molecule has 0 heterocycles. The molecule has 21 heavy (non-hydrogen) atoms. The highest BCUT2D eigenvalue weighted by atomic mass is 16.5. The summed E-state index contributed by atoms with van der Waals surface area (Å²) in [5, 5.41) is 9.51. The van der Waals surface area contributed by atoms with E-state index in [4.69, 9.17) is 9.47 Å². The fourth-order valence-corrected chi connectivity index (χ4v) is 2.24. The molecule has 2 aromatic rings. The summed E-state index contributed by atoms with van der Waals surface area (Å²) in [6, 6.07) is 14.6. The van der Waals surface area contributed by atoms with Gasteiger partial charge in [-0.3, -0.25) is 4.79 Å². The molecule has 0 unspecified atom stereocenters. The summed E-state index contributed by atoms with van der Waals surface area (Å²) in [4.78, 5) is 11.6. The molecule has 0 amide bonds. The number of carboxylic acid groups (broad SMARTS) is 1. The Hall–Kier alpha value is -2.49. The standard InChI is InChI=1S/C17H18O4/c1-20-14-7-3-5-12(9-14)10-16(17(18)19)13-6-4-8-15(11-13)21-2/h3-9,11,16H,10H2,1-2H3,(H,18,19)/t16-/m0/s1.